The molecule has 4 N–H and O–H groups in total. The van der Waals surface area contributed by atoms with E-state index >= 15 is 0 Å². The summed E-state index contributed by atoms with van der Waals surface area (Å²) in [4.78, 5) is 11.9. The first-order chi connectivity index (χ1) is 9.04. The zero-order valence-electron chi connectivity index (χ0n) is 10.1. The van der Waals surface area contributed by atoms with Crippen LogP contribution in [0.3, 0.4) is 0 Å². The molecule has 0 aliphatic carbocycles. The highest BCUT2D eigenvalue weighted by Crippen LogP contribution is 2.20. The lowest BCUT2D eigenvalue weighted by Gasteiger charge is -2.08. The predicted molar refractivity (Wildman–Crippen MR) is 79.0 cm³/mol. The van der Waals surface area contributed by atoms with Crippen LogP contribution in [0.2, 0.25) is 0 Å². The Balaban J connectivity index is 2.07. The van der Waals surface area contributed by atoms with Gasteiger partial charge in [0, 0.05) is 15.8 Å². The second kappa shape index (κ2) is 5.75. The lowest BCUT2D eigenvalue weighted by Crippen LogP contribution is -2.15. The SMILES string of the molecule is Nc1ccc(O)cc1CC(=O)Nc1cccc(Br)c1. The molecule has 0 aliphatic rings. The van der Waals surface area contributed by atoms with Gasteiger partial charge in [0.15, 0.2) is 0 Å². The van der Waals surface area contributed by atoms with Crippen molar-refractivity contribution in [1.29, 1.82) is 0 Å². The van der Waals surface area contributed by atoms with E-state index in [0.29, 0.717) is 16.9 Å². The van der Waals surface area contributed by atoms with Crippen molar-refractivity contribution >= 4 is 33.2 Å². The minimum atomic E-state index is -0.185. The number of carbonyl (C=O) groups excluding carboxylic acids is 1. The highest BCUT2D eigenvalue weighted by molar-refractivity contribution is 9.10. The Bertz CT molecular complexity index is 614. The highest BCUT2D eigenvalue weighted by Gasteiger charge is 2.08. The molecule has 2 aromatic rings. The van der Waals surface area contributed by atoms with Crippen molar-refractivity contribution in [2.24, 2.45) is 0 Å². The van der Waals surface area contributed by atoms with E-state index in [1.807, 2.05) is 18.2 Å². The van der Waals surface area contributed by atoms with Crippen LogP contribution in [-0.4, -0.2) is 11.0 Å². The molecular formula is C14H13BrN2O2. The van der Waals surface area contributed by atoms with Crippen LogP contribution < -0.4 is 11.1 Å². The number of benzene rings is 2. The van der Waals surface area contributed by atoms with Crippen LogP contribution in [0.15, 0.2) is 46.9 Å². The first-order valence-corrected chi connectivity index (χ1v) is 6.46. The number of halogens is 1. The van der Waals surface area contributed by atoms with Gasteiger partial charge < -0.3 is 16.2 Å². The third-order valence-electron chi connectivity index (χ3n) is 2.59. The molecule has 4 nitrogen and oxygen atoms in total. The van der Waals surface area contributed by atoms with E-state index in [9.17, 15) is 9.90 Å². The van der Waals surface area contributed by atoms with Crippen LogP contribution in [0.4, 0.5) is 11.4 Å². The molecule has 0 unspecified atom stereocenters. The highest BCUT2D eigenvalue weighted by atomic mass is 79.9. The fraction of sp³-hybridized carbons (Fsp3) is 0.0714. The number of nitrogen functional groups attached to an aromatic ring is 1. The van der Waals surface area contributed by atoms with Crippen molar-refractivity contribution < 1.29 is 9.90 Å². The zero-order chi connectivity index (χ0) is 13.8. The summed E-state index contributed by atoms with van der Waals surface area (Å²) in [5.74, 6) is -0.0881. The van der Waals surface area contributed by atoms with E-state index in [1.165, 1.54) is 12.1 Å². The lowest BCUT2D eigenvalue weighted by molar-refractivity contribution is -0.115. The van der Waals surface area contributed by atoms with Crippen LogP contribution >= 0.6 is 15.9 Å². The van der Waals surface area contributed by atoms with Gasteiger partial charge >= 0.3 is 0 Å². The topological polar surface area (TPSA) is 75.3 Å². The molecule has 5 heteroatoms. The number of rotatable bonds is 3. The maximum Gasteiger partial charge on any atom is 0.228 e. The summed E-state index contributed by atoms with van der Waals surface area (Å²) in [6.45, 7) is 0. The molecule has 0 fully saturated rings. The maximum absolute atomic E-state index is 11.9. The van der Waals surface area contributed by atoms with Gasteiger partial charge in [0.25, 0.3) is 0 Å². The number of carbonyl (C=O) groups is 1. The second-order valence-corrected chi connectivity index (χ2v) is 5.03. The molecule has 98 valence electrons. The van der Waals surface area contributed by atoms with E-state index in [4.69, 9.17) is 5.73 Å². The normalized spacial score (nSPS) is 10.2. The number of hydrogen-bond acceptors (Lipinski definition) is 3. The number of phenolic OH excluding ortho intramolecular Hbond substituents is 1. The number of anilines is 2. The van der Waals surface area contributed by atoms with Gasteiger partial charge in [-0.25, -0.2) is 0 Å². The van der Waals surface area contributed by atoms with Crippen molar-refractivity contribution in [3.63, 3.8) is 0 Å². The number of hydrogen-bond donors (Lipinski definition) is 3. The predicted octanol–water partition coefficient (Wildman–Crippen LogP) is 2.92. The maximum atomic E-state index is 11.9. The van der Waals surface area contributed by atoms with Gasteiger partial charge in [-0.3, -0.25) is 4.79 Å². The number of nitrogens with one attached hydrogen (secondary N) is 1. The smallest absolute Gasteiger partial charge is 0.228 e. The largest absolute Gasteiger partial charge is 0.508 e. The molecule has 0 radical (unpaired) electrons. The Labute approximate surface area is 119 Å². The van der Waals surface area contributed by atoms with Gasteiger partial charge in [-0.1, -0.05) is 22.0 Å². The molecular weight excluding hydrogens is 308 g/mol. The molecule has 0 heterocycles. The summed E-state index contributed by atoms with van der Waals surface area (Å²) < 4.78 is 0.891. The Hall–Kier alpha value is -2.01. The number of amides is 1. The second-order valence-electron chi connectivity index (χ2n) is 4.12. The molecule has 0 saturated heterocycles. The Kier molecular flexibility index (Phi) is 4.06. The molecule has 2 aromatic carbocycles. The first kappa shape index (κ1) is 13.4. The van der Waals surface area contributed by atoms with E-state index in [0.717, 1.165) is 4.47 Å². The van der Waals surface area contributed by atoms with Gasteiger partial charge in [0.1, 0.15) is 5.75 Å². The van der Waals surface area contributed by atoms with Gasteiger partial charge in [-0.2, -0.15) is 0 Å². The van der Waals surface area contributed by atoms with E-state index in [1.54, 1.807) is 12.1 Å². The number of nitrogens with two attached hydrogens (primary N) is 1. The van der Waals surface area contributed by atoms with Crippen LogP contribution in [0.5, 0.6) is 5.75 Å². The molecule has 0 aliphatic heterocycles. The molecule has 0 bridgehead atoms. The average molecular weight is 321 g/mol. The third kappa shape index (κ3) is 3.72. The molecule has 0 aromatic heterocycles. The zero-order valence-corrected chi connectivity index (χ0v) is 11.6. The standard InChI is InChI=1S/C14H13BrN2O2/c15-10-2-1-3-11(8-10)17-14(19)7-9-6-12(18)4-5-13(9)16/h1-6,8,18H,7,16H2,(H,17,19). The molecule has 0 spiro atoms. The summed E-state index contributed by atoms with van der Waals surface area (Å²) in [6, 6.07) is 11.9. The van der Waals surface area contributed by atoms with Gasteiger partial charge in [0.2, 0.25) is 5.91 Å². The van der Waals surface area contributed by atoms with Gasteiger partial charge in [-0.05, 0) is 42.0 Å². The van der Waals surface area contributed by atoms with Gasteiger partial charge in [-0.15, -0.1) is 0 Å². The molecule has 1 amide bonds. The average Bonchev–Trinajstić information content (AvgIpc) is 2.34. The summed E-state index contributed by atoms with van der Waals surface area (Å²) in [5.41, 5.74) is 7.56. The lowest BCUT2D eigenvalue weighted by atomic mass is 10.1. The summed E-state index contributed by atoms with van der Waals surface area (Å²) in [7, 11) is 0. The van der Waals surface area contributed by atoms with Crippen LogP contribution in [0.1, 0.15) is 5.56 Å². The summed E-state index contributed by atoms with van der Waals surface area (Å²) in [6.07, 6.45) is 0.118. The molecule has 2 rings (SSSR count). The quantitative estimate of drug-likeness (QED) is 0.601. The van der Waals surface area contributed by atoms with E-state index in [-0.39, 0.29) is 18.1 Å². The van der Waals surface area contributed by atoms with Crippen LogP contribution in [-0.2, 0) is 11.2 Å². The summed E-state index contributed by atoms with van der Waals surface area (Å²) >= 11 is 3.34. The van der Waals surface area contributed by atoms with Crippen molar-refractivity contribution in [3.05, 3.63) is 52.5 Å². The molecule has 19 heavy (non-hydrogen) atoms. The van der Waals surface area contributed by atoms with Crippen molar-refractivity contribution in [1.82, 2.24) is 0 Å². The summed E-state index contributed by atoms with van der Waals surface area (Å²) in [5, 5.41) is 12.2. The van der Waals surface area contributed by atoms with E-state index in [2.05, 4.69) is 21.2 Å². The van der Waals surface area contributed by atoms with Crippen molar-refractivity contribution in [2.45, 2.75) is 6.42 Å². The Morgan fingerprint density at radius 3 is 2.79 bits per heavy atom. The molecule has 0 saturated carbocycles. The van der Waals surface area contributed by atoms with Gasteiger partial charge in [0.05, 0.1) is 6.42 Å². The fourth-order valence-corrected chi connectivity index (χ4v) is 2.09. The minimum Gasteiger partial charge on any atom is -0.508 e. The van der Waals surface area contributed by atoms with Crippen LogP contribution in [0, 0.1) is 0 Å². The van der Waals surface area contributed by atoms with Crippen LogP contribution in [0.25, 0.3) is 0 Å². The monoisotopic (exact) mass is 320 g/mol. The number of phenols is 1. The van der Waals surface area contributed by atoms with E-state index < -0.39 is 0 Å². The Morgan fingerprint density at radius 2 is 2.05 bits per heavy atom. The fourth-order valence-electron chi connectivity index (χ4n) is 1.69. The first-order valence-electron chi connectivity index (χ1n) is 5.67. The Morgan fingerprint density at radius 1 is 1.26 bits per heavy atom. The third-order valence-corrected chi connectivity index (χ3v) is 3.08. The van der Waals surface area contributed by atoms with Crippen molar-refractivity contribution in [2.75, 3.05) is 11.1 Å². The number of aromatic hydroxyl groups is 1. The minimum absolute atomic E-state index is 0.0967. The molecule has 0 atom stereocenters. The van der Waals surface area contributed by atoms with Crippen molar-refractivity contribution in [3.8, 4) is 5.75 Å².